The first-order valence-electron chi connectivity index (χ1n) is 11.2. The third-order valence-electron chi connectivity index (χ3n) is 6.18. The average molecular weight is 472 g/mol. The maximum Gasteiger partial charge on any atom is 0.243 e. The molecular weight excluding hydrogens is 442 g/mol. The van der Waals surface area contributed by atoms with Crippen molar-refractivity contribution in [3.63, 3.8) is 0 Å². The zero-order chi connectivity index (χ0) is 23.4. The zero-order valence-corrected chi connectivity index (χ0v) is 19.5. The van der Waals surface area contributed by atoms with E-state index in [1.54, 1.807) is 18.3 Å². The lowest BCUT2D eigenvalue weighted by atomic mass is 9.96. The van der Waals surface area contributed by atoms with Crippen LogP contribution in [-0.4, -0.2) is 73.7 Å². The Balaban J connectivity index is 1.30. The van der Waals surface area contributed by atoms with E-state index in [9.17, 15) is 18.0 Å². The molecule has 0 spiro atoms. The largest absolute Gasteiger partial charge is 0.353 e. The number of rotatable bonds is 5. The third-order valence-corrected chi connectivity index (χ3v) is 8.09. The quantitative estimate of drug-likeness (QED) is 0.713. The number of sulfonamides is 1. The molecule has 2 amide bonds. The minimum atomic E-state index is -3.64. The molecule has 0 unspecified atom stereocenters. The van der Waals surface area contributed by atoms with Crippen LogP contribution < -0.4 is 10.2 Å². The number of carbonyl (C=O) groups excluding carboxylic acids is 2. The minimum absolute atomic E-state index is 0.118. The number of benzene rings is 1. The molecule has 3 heterocycles. The van der Waals surface area contributed by atoms with Gasteiger partial charge in [-0.2, -0.15) is 4.31 Å². The molecule has 2 aromatic rings. The number of hydrogen-bond donors (Lipinski definition) is 1. The number of amides is 2. The highest BCUT2D eigenvalue weighted by molar-refractivity contribution is 7.89. The zero-order valence-electron chi connectivity index (χ0n) is 18.7. The van der Waals surface area contributed by atoms with Crippen molar-refractivity contribution in [1.82, 2.24) is 14.2 Å². The van der Waals surface area contributed by atoms with Crippen LogP contribution in [0.5, 0.6) is 0 Å². The summed E-state index contributed by atoms with van der Waals surface area (Å²) in [6.45, 7) is 4.81. The van der Waals surface area contributed by atoms with Gasteiger partial charge in [-0.25, -0.2) is 13.4 Å². The van der Waals surface area contributed by atoms with Crippen molar-refractivity contribution >= 4 is 33.3 Å². The van der Waals surface area contributed by atoms with Gasteiger partial charge in [-0.3, -0.25) is 9.59 Å². The SMILES string of the molecule is CC(=O)Nc1ccc(S(=O)(=O)N2CCC(C(=O)N3CCN(c4ccccn4)CC3)CC2)cc1. The molecule has 1 N–H and O–H groups in total. The lowest BCUT2D eigenvalue weighted by molar-refractivity contribution is -0.137. The Morgan fingerprint density at radius 3 is 2.18 bits per heavy atom. The molecule has 4 rings (SSSR count). The molecule has 2 aliphatic heterocycles. The van der Waals surface area contributed by atoms with Crippen molar-refractivity contribution < 1.29 is 18.0 Å². The van der Waals surface area contributed by atoms with Gasteiger partial charge in [-0.15, -0.1) is 0 Å². The summed E-state index contributed by atoms with van der Waals surface area (Å²) in [5.74, 6) is 0.677. The molecule has 0 atom stereocenters. The fraction of sp³-hybridized carbons (Fsp3) is 0.435. The number of carbonyl (C=O) groups is 2. The lowest BCUT2D eigenvalue weighted by Gasteiger charge is -2.38. The van der Waals surface area contributed by atoms with Crippen LogP contribution in [0, 0.1) is 5.92 Å². The number of piperidine rings is 1. The summed E-state index contributed by atoms with van der Waals surface area (Å²) in [5.41, 5.74) is 0.550. The summed E-state index contributed by atoms with van der Waals surface area (Å²) < 4.78 is 27.5. The number of nitrogens with zero attached hydrogens (tertiary/aromatic N) is 4. The Morgan fingerprint density at radius 1 is 0.939 bits per heavy atom. The number of piperazine rings is 1. The van der Waals surface area contributed by atoms with E-state index < -0.39 is 10.0 Å². The lowest BCUT2D eigenvalue weighted by Crippen LogP contribution is -2.52. The first kappa shape index (κ1) is 23.2. The van der Waals surface area contributed by atoms with Crippen molar-refractivity contribution in [2.75, 3.05) is 49.5 Å². The Bertz CT molecular complexity index is 1080. The molecule has 0 bridgehead atoms. The Hall–Kier alpha value is -2.98. The van der Waals surface area contributed by atoms with Gasteiger partial charge in [0.15, 0.2) is 0 Å². The molecule has 1 aromatic carbocycles. The predicted octanol–water partition coefficient (Wildman–Crippen LogP) is 1.79. The molecule has 176 valence electrons. The molecule has 0 saturated carbocycles. The standard InChI is InChI=1S/C23H29N5O4S/c1-18(29)25-20-5-7-21(8-6-20)33(31,32)28-12-9-19(10-13-28)23(30)27-16-14-26(15-17-27)22-4-2-3-11-24-22/h2-8,11,19H,9-10,12-17H2,1H3,(H,25,29). The van der Waals surface area contributed by atoms with E-state index in [4.69, 9.17) is 0 Å². The molecule has 2 saturated heterocycles. The van der Waals surface area contributed by atoms with E-state index in [0.29, 0.717) is 44.7 Å². The summed E-state index contributed by atoms with van der Waals surface area (Å²) in [5, 5.41) is 2.63. The van der Waals surface area contributed by atoms with Gasteiger partial charge in [0, 0.05) is 64.0 Å². The minimum Gasteiger partial charge on any atom is -0.353 e. The van der Waals surface area contributed by atoms with Crippen LogP contribution in [0.3, 0.4) is 0 Å². The monoisotopic (exact) mass is 471 g/mol. The van der Waals surface area contributed by atoms with E-state index in [-0.39, 0.29) is 22.6 Å². The normalized spacial score (nSPS) is 18.2. The number of anilines is 2. The fourth-order valence-electron chi connectivity index (χ4n) is 4.36. The Labute approximate surface area is 194 Å². The molecule has 9 nitrogen and oxygen atoms in total. The van der Waals surface area contributed by atoms with Crippen LogP contribution in [-0.2, 0) is 19.6 Å². The second kappa shape index (κ2) is 9.88. The summed E-state index contributed by atoms with van der Waals surface area (Å²) in [6.07, 6.45) is 2.80. The Kier molecular flexibility index (Phi) is 6.94. The molecule has 2 aliphatic rings. The fourth-order valence-corrected chi connectivity index (χ4v) is 5.83. The van der Waals surface area contributed by atoms with Crippen molar-refractivity contribution in [3.8, 4) is 0 Å². The molecule has 0 radical (unpaired) electrons. The Morgan fingerprint density at radius 2 is 1.61 bits per heavy atom. The van der Waals surface area contributed by atoms with Gasteiger partial charge in [-0.05, 0) is 49.2 Å². The molecule has 2 fully saturated rings. The second-order valence-electron chi connectivity index (χ2n) is 8.38. The topological polar surface area (TPSA) is 103 Å². The van der Waals surface area contributed by atoms with E-state index in [2.05, 4.69) is 15.2 Å². The van der Waals surface area contributed by atoms with Gasteiger partial charge in [0.25, 0.3) is 0 Å². The summed E-state index contributed by atoms with van der Waals surface area (Å²) in [4.78, 5) is 32.8. The van der Waals surface area contributed by atoms with Gasteiger partial charge in [-0.1, -0.05) is 6.07 Å². The number of nitrogens with one attached hydrogen (secondary N) is 1. The number of aromatic nitrogens is 1. The van der Waals surface area contributed by atoms with Crippen LogP contribution in [0.15, 0.2) is 53.6 Å². The van der Waals surface area contributed by atoms with Crippen LogP contribution in [0.1, 0.15) is 19.8 Å². The number of hydrogen-bond acceptors (Lipinski definition) is 6. The van der Waals surface area contributed by atoms with E-state index >= 15 is 0 Å². The van der Waals surface area contributed by atoms with Crippen LogP contribution in [0.4, 0.5) is 11.5 Å². The van der Waals surface area contributed by atoms with Crippen molar-refractivity contribution in [1.29, 1.82) is 0 Å². The highest BCUT2D eigenvalue weighted by Gasteiger charge is 2.34. The van der Waals surface area contributed by atoms with E-state index in [1.165, 1.54) is 23.4 Å². The molecule has 1 aromatic heterocycles. The summed E-state index contributed by atoms with van der Waals surface area (Å²) >= 11 is 0. The third kappa shape index (κ3) is 5.33. The first-order chi connectivity index (χ1) is 15.8. The first-order valence-corrected chi connectivity index (χ1v) is 12.6. The van der Waals surface area contributed by atoms with Gasteiger partial charge < -0.3 is 15.1 Å². The van der Waals surface area contributed by atoms with Gasteiger partial charge >= 0.3 is 0 Å². The predicted molar refractivity (Wildman–Crippen MR) is 125 cm³/mol. The van der Waals surface area contributed by atoms with Crippen LogP contribution in [0.25, 0.3) is 0 Å². The van der Waals surface area contributed by atoms with Gasteiger partial charge in [0.05, 0.1) is 4.90 Å². The van der Waals surface area contributed by atoms with Crippen molar-refractivity contribution in [3.05, 3.63) is 48.7 Å². The van der Waals surface area contributed by atoms with Crippen LogP contribution in [0.2, 0.25) is 0 Å². The molecule has 0 aliphatic carbocycles. The van der Waals surface area contributed by atoms with E-state index in [0.717, 1.165) is 18.9 Å². The van der Waals surface area contributed by atoms with Crippen LogP contribution >= 0.6 is 0 Å². The van der Waals surface area contributed by atoms with Crippen molar-refractivity contribution in [2.24, 2.45) is 5.92 Å². The molecular formula is C23H29N5O4S. The summed E-state index contributed by atoms with van der Waals surface area (Å²) in [7, 11) is -3.64. The number of pyridine rings is 1. The highest BCUT2D eigenvalue weighted by atomic mass is 32.2. The van der Waals surface area contributed by atoms with Gasteiger partial charge in [0.2, 0.25) is 21.8 Å². The molecule has 10 heteroatoms. The van der Waals surface area contributed by atoms with Gasteiger partial charge in [0.1, 0.15) is 5.82 Å². The smallest absolute Gasteiger partial charge is 0.243 e. The molecule has 33 heavy (non-hydrogen) atoms. The summed E-state index contributed by atoms with van der Waals surface area (Å²) in [6, 6.07) is 12.0. The highest BCUT2D eigenvalue weighted by Crippen LogP contribution is 2.26. The maximum atomic E-state index is 13.0. The van der Waals surface area contributed by atoms with E-state index in [1.807, 2.05) is 23.1 Å². The second-order valence-corrected chi connectivity index (χ2v) is 10.3. The van der Waals surface area contributed by atoms with Crippen molar-refractivity contribution in [2.45, 2.75) is 24.7 Å². The maximum absolute atomic E-state index is 13.0. The average Bonchev–Trinajstić information content (AvgIpc) is 2.84.